The molecule has 1 aliphatic rings. The first-order chi connectivity index (χ1) is 12.7. The number of aromatic hydroxyl groups is 1. The van der Waals surface area contributed by atoms with Crippen molar-refractivity contribution in [3.63, 3.8) is 0 Å². The summed E-state index contributed by atoms with van der Waals surface area (Å²) in [6.07, 6.45) is 6.28. The van der Waals surface area contributed by atoms with Crippen LogP contribution in [-0.2, 0) is 6.54 Å². The molecular formula is C23H24ClNO. The van der Waals surface area contributed by atoms with Gasteiger partial charge >= 0.3 is 0 Å². The van der Waals surface area contributed by atoms with Gasteiger partial charge in [0.25, 0.3) is 0 Å². The van der Waals surface area contributed by atoms with Crippen molar-refractivity contribution in [1.29, 1.82) is 0 Å². The number of halogens is 1. The smallest absolute Gasteiger partial charge is 0.121 e. The first-order valence-corrected chi connectivity index (χ1v) is 9.82. The third kappa shape index (κ3) is 3.52. The van der Waals surface area contributed by atoms with Gasteiger partial charge in [0.15, 0.2) is 0 Å². The number of anilines is 1. The Kier molecular flexibility index (Phi) is 5.03. The maximum atomic E-state index is 10.6. The minimum atomic E-state index is 0.374. The van der Waals surface area contributed by atoms with Gasteiger partial charge in [-0.2, -0.15) is 0 Å². The Morgan fingerprint density at radius 2 is 1.62 bits per heavy atom. The molecule has 3 aromatic rings. The Labute approximate surface area is 160 Å². The molecule has 0 atom stereocenters. The van der Waals surface area contributed by atoms with Gasteiger partial charge < -0.3 is 10.0 Å². The third-order valence-electron chi connectivity index (χ3n) is 5.52. The van der Waals surface area contributed by atoms with E-state index in [9.17, 15) is 5.11 Å². The summed E-state index contributed by atoms with van der Waals surface area (Å²) in [5, 5.41) is 13.6. The fourth-order valence-corrected chi connectivity index (χ4v) is 4.24. The van der Waals surface area contributed by atoms with Crippen molar-refractivity contribution in [2.75, 3.05) is 4.90 Å². The lowest BCUT2D eigenvalue weighted by Crippen LogP contribution is -2.36. The number of hydrogen-bond acceptors (Lipinski definition) is 2. The van der Waals surface area contributed by atoms with Crippen molar-refractivity contribution in [2.24, 2.45) is 0 Å². The molecule has 4 rings (SSSR count). The van der Waals surface area contributed by atoms with E-state index >= 15 is 0 Å². The second-order valence-corrected chi connectivity index (χ2v) is 7.62. The molecule has 1 saturated carbocycles. The van der Waals surface area contributed by atoms with Crippen molar-refractivity contribution >= 4 is 28.1 Å². The molecule has 3 heteroatoms. The molecule has 0 spiro atoms. The van der Waals surface area contributed by atoms with Crippen molar-refractivity contribution in [3.05, 3.63) is 71.2 Å². The van der Waals surface area contributed by atoms with Crippen molar-refractivity contribution < 1.29 is 5.11 Å². The third-order valence-corrected chi connectivity index (χ3v) is 5.77. The molecule has 1 aliphatic carbocycles. The predicted octanol–water partition coefficient (Wildman–Crippen LogP) is 6.54. The van der Waals surface area contributed by atoms with Crippen molar-refractivity contribution in [2.45, 2.75) is 44.7 Å². The van der Waals surface area contributed by atoms with Gasteiger partial charge in [0, 0.05) is 28.9 Å². The average molecular weight is 366 g/mol. The molecule has 134 valence electrons. The Hall–Kier alpha value is -2.19. The van der Waals surface area contributed by atoms with Gasteiger partial charge in [0.1, 0.15) is 5.75 Å². The summed E-state index contributed by atoms with van der Waals surface area (Å²) in [4.78, 5) is 2.46. The van der Waals surface area contributed by atoms with Crippen molar-refractivity contribution in [3.8, 4) is 5.75 Å². The van der Waals surface area contributed by atoms with Crippen molar-refractivity contribution in [1.82, 2.24) is 0 Å². The predicted molar refractivity (Wildman–Crippen MR) is 110 cm³/mol. The van der Waals surface area contributed by atoms with E-state index < -0.39 is 0 Å². The summed E-state index contributed by atoms with van der Waals surface area (Å²) >= 11 is 6.11. The maximum Gasteiger partial charge on any atom is 0.121 e. The lowest BCUT2D eigenvalue weighted by molar-refractivity contribution is 0.409. The van der Waals surface area contributed by atoms with Crippen LogP contribution in [0.25, 0.3) is 10.8 Å². The topological polar surface area (TPSA) is 23.5 Å². The Bertz CT molecular complexity index is 884. The number of phenolic OH excluding ortho intramolecular Hbond substituents is 1. The maximum absolute atomic E-state index is 10.6. The molecule has 0 aliphatic heterocycles. The zero-order valence-corrected chi connectivity index (χ0v) is 15.6. The summed E-state index contributed by atoms with van der Waals surface area (Å²) in [6, 6.07) is 20.7. The molecule has 1 fully saturated rings. The average Bonchev–Trinajstić information content (AvgIpc) is 2.69. The normalized spacial score (nSPS) is 15.3. The standard InChI is InChI=1S/C23H24ClNO/c24-18-11-13-20(14-12-18)25(19-7-2-1-3-8-19)16-22-21-9-5-4-6-17(21)10-15-23(22)26/h4-6,9-15,19,26H,1-3,7-8,16H2. The Morgan fingerprint density at radius 1 is 0.885 bits per heavy atom. The molecule has 1 N–H and O–H groups in total. The van der Waals surface area contributed by atoms with E-state index in [0.29, 0.717) is 18.3 Å². The van der Waals surface area contributed by atoms with Crippen LogP contribution in [0.5, 0.6) is 5.75 Å². The number of fused-ring (bicyclic) bond motifs is 1. The first-order valence-electron chi connectivity index (χ1n) is 9.44. The fraction of sp³-hybridized carbons (Fsp3) is 0.304. The highest BCUT2D eigenvalue weighted by molar-refractivity contribution is 6.30. The fourth-order valence-electron chi connectivity index (χ4n) is 4.12. The molecule has 0 heterocycles. The number of hydrogen-bond donors (Lipinski definition) is 1. The largest absolute Gasteiger partial charge is 0.508 e. The highest BCUT2D eigenvalue weighted by atomic mass is 35.5. The number of rotatable bonds is 4. The number of benzene rings is 3. The number of nitrogens with zero attached hydrogens (tertiary/aromatic N) is 1. The van der Waals surface area contributed by atoms with E-state index in [0.717, 1.165) is 16.0 Å². The Morgan fingerprint density at radius 3 is 2.38 bits per heavy atom. The van der Waals surface area contributed by atoms with Crippen LogP contribution in [-0.4, -0.2) is 11.1 Å². The van der Waals surface area contributed by atoms with E-state index in [4.69, 9.17) is 11.6 Å². The summed E-state index contributed by atoms with van der Waals surface area (Å²) in [7, 11) is 0. The summed E-state index contributed by atoms with van der Waals surface area (Å²) in [5.41, 5.74) is 2.18. The van der Waals surface area contributed by atoms with E-state index in [1.165, 1.54) is 43.2 Å². The van der Waals surface area contributed by atoms with E-state index in [1.807, 2.05) is 36.4 Å². The van der Waals surface area contributed by atoms with Crippen LogP contribution in [0, 0.1) is 0 Å². The van der Waals surface area contributed by atoms with Gasteiger partial charge in [-0.15, -0.1) is 0 Å². The zero-order chi connectivity index (χ0) is 17.9. The summed E-state index contributed by atoms with van der Waals surface area (Å²) in [5.74, 6) is 0.374. The van der Waals surface area contributed by atoms with Gasteiger partial charge in [0.2, 0.25) is 0 Å². The van der Waals surface area contributed by atoms with Crippen LogP contribution in [0.15, 0.2) is 60.7 Å². The van der Waals surface area contributed by atoms with Gasteiger partial charge in [-0.1, -0.05) is 61.2 Å². The molecule has 0 radical (unpaired) electrons. The van der Waals surface area contributed by atoms with E-state index in [2.05, 4.69) is 29.2 Å². The summed E-state index contributed by atoms with van der Waals surface area (Å²) < 4.78 is 0. The van der Waals surface area contributed by atoms with Crippen LogP contribution >= 0.6 is 11.6 Å². The van der Waals surface area contributed by atoms with Gasteiger partial charge in [-0.05, 0) is 53.9 Å². The molecule has 0 aromatic heterocycles. The van der Waals surface area contributed by atoms with Crippen LogP contribution in [0.4, 0.5) is 5.69 Å². The lowest BCUT2D eigenvalue weighted by atomic mass is 9.92. The van der Waals surface area contributed by atoms with Gasteiger partial charge in [-0.25, -0.2) is 0 Å². The van der Waals surface area contributed by atoms with Crippen LogP contribution in [0.3, 0.4) is 0 Å². The summed E-state index contributed by atoms with van der Waals surface area (Å²) in [6.45, 7) is 0.708. The van der Waals surface area contributed by atoms with E-state index in [1.54, 1.807) is 0 Å². The molecule has 0 unspecified atom stereocenters. The Balaban J connectivity index is 1.75. The van der Waals surface area contributed by atoms with E-state index in [-0.39, 0.29) is 0 Å². The number of phenols is 1. The highest BCUT2D eigenvalue weighted by Gasteiger charge is 2.23. The molecule has 3 aromatic carbocycles. The molecule has 0 saturated heterocycles. The van der Waals surface area contributed by atoms with Crippen LogP contribution in [0.1, 0.15) is 37.7 Å². The first kappa shape index (κ1) is 17.2. The van der Waals surface area contributed by atoms with Gasteiger partial charge in [0.05, 0.1) is 0 Å². The minimum absolute atomic E-state index is 0.374. The minimum Gasteiger partial charge on any atom is -0.508 e. The zero-order valence-electron chi connectivity index (χ0n) is 14.9. The molecule has 0 bridgehead atoms. The molecule has 2 nitrogen and oxygen atoms in total. The molecule has 0 amide bonds. The molecule has 26 heavy (non-hydrogen) atoms. The lowest BCUT2D eigenvalue weighted by Gasteiger charge is -2.36. The second kappa shape index (κ2) is 7.59. The van der Waals surface area contributed by atoms with Crippen LogP contribution < -0.4 is 4.90 Å². The quantitative estimate of drug-likeness (QED) is 0.567. The van der Waals surface area contributed by atoms with Gasteiger partial charge in [-0.3, -0.25) is 0 Å². The molecular weight excluding hydrogens is 342 g/mol. The monoisotopic (exact) mass is 365 g/mol. The second-order valence-electron chi connectivity index (χ2n) is 7.18. The highest BCUT2D eigenvalue weighted by Crippen LogP contribution is 2.34. The SMILES string of the molecule is Oc1ccc2ccccc2c1CN(c1ccc(Cl)cc1)C1CCCCC1. The van der Waals surface area contributed by atoms with Crippen LogP contribution in [0.2, 0.25) is 5.02 Å².